The summed E-state index contributed by atoms with van der Waals surface area (Å²) in [6.07, 6.45) is 0. The van der Waals surface area contributed by atoms with Crippen molar-refractivity contribution in [2.75, 3.05) is 38.8 Å². The topological polar surface area (TPSA) is 24.5 Å². The van der Waals surface area contributed by atoms with Crippen LogP contribution < -0.4 is 10.2 Å². The van der Waals surface area contributed by atoms with E-state index in [2.05, 4.69) is 48.3 Å². The largest absolute Gasteiger partial charge is 0.383 e. The molecule has 3 heteroatoms. The Labute approximate surface area is 105 Å². The number of methoxy groups -OCH3 is 1. The third-order valence-corrected chi connectivity index (χ3v) is 3.12. The van der Waals surface area contributed by atoms with Crippen LogP contribution >= 0.6 is 0 Å². The Morgan fingerprint density at radius 1 is 1.35 bits per heavy atom. The molecule has 0 spiro atoms. The number of rotatable bonds is 7. The Morgan fingerprint density at radius 3 is 2.65 bits per heavy atom. The van der Waals surface area contributed by atoms with Crippen molar-refractivity contribution in [3.8, 4) is 0 Å². The molecule has 0 aromatic heterocycles. The molecule has 96 valence electrons. The lowest BCUT2D eigenvalue weighted by molar-refractivity contribution is 0.205. The first kappa shape index (κ1) is 14.0. The number of hydrogen-bond acceptors (Lipinski definition) is 3. The van der Waals surface area contributed by atoms with Crippen LogP contribution in [0.4, 0.5) is 5.69 Å². The third kappa shape index (κ3) is 3.72. The third-order valence-electron chi connectivity index (χ3n) is 3.12. The molecule has 0 amide bonds. The molecule has 1 atom stereocenters. The maximum absolute atomic E-state index is 5.17. The second kappa shape index (κ2) is 7.30. The van der Waals surface area contributed by atoms with Crippen molar-refractivity contribution < 1.29 is 4.74 Å². The summed E-state index contributed by atoms with van der Waals surface area (Å²) in [5, 5.41) is 3.30. The molecule has 0 heterocycles. The summed E-state index contributed by atoms with van der Waals surface area (Å²) < 4.78 is 5.17. The Morgan fingerprint density at radius 2 is 2.06 bits per heavy atom. The van der Waals surface area contributed by atoms with Gasteiger partial charge in [-0.05, 0) is 32.5 Å². The van der Waals surface area contributed by atoms with Crippen molar-refractivity contribution in [2.45, 2.75) is 19.9 Å². The van der Waals surface area contributed by atoms with Gasteiger partial charge in [-0.25, -0.2) is 0 Å². The van der Waals surface area contributed by atoms with Crippen LogP contribution in [-0.2, 0) is 4.74 Å². The van der Waals surface area contributed by atoms with E-state index in [1.54, 1.807) is 7.11 Å². The van der Waals surface area contributed by atoms with Crippen LogP contribution in [0.3, 0.4) is 0 Å². The van der Waals surface area contributed by atoms with E-state index >= 15 is 0 Å². The molecule has 1 N–H and O–H groups in total. The van der Waals surface area contributed by atoms with Crippen molar-refractivity contribution in [2.24, 2.45) is 0 Å². The molecule has 0 aliphatic heterocycles. The van der Waals surface area contributed by atoms with Crippen LogP contribution in [0.1, 0.15) is 25.5 Å². The minimum atomic E-state index is 0.364. The second-order valence-corrected chi connectivity index (χ2v) is 4.14. The molecule has 0 bridgehead atoms. The molecule has 0 saturated carbocycles. The molecule has 1 aromatic carbocycles. The predicted molar refractivity (Wildman–Crippen MR) is 73.7 cm³/mol. The first-order valence-electron chi connectivity index (χ1n) is 6.24. The summed E-state index contributed by atoms with van der Waals surface area (Å²) in [4.78, 5) is 2.35. The van der Waals surface area contributed by atoms with Gasteiger partial charge < -0.3 is 15.0 Å². The summed E-state index contributed by atoms with van der Waals surface area (Å²) in [7, 11) is 3.74. The maximum atomic E-state index is 5.17. The van der Waals surface area contributed by atoms with E-state index in [-0.39, 0.29) is 0 Å². The molecule has 1 rings (SSSR count). The van der Waals surface area contributed by atoms with Crippen molar-refractivity contribution >= 4 is 5.69 Å². The van der Waals surface area contributed by atoms with Gasteiger partial charge in [0.1, 0.15) is 0 Å². The summed E-state index contributed by atoms with van der Waals surface area (Å²) in [6.45, 7) is 7.05. The number of benzene rings is 1. The van der Waals surface area contributed by atoms with Crippen LogP contribution in [0.2, 0.25) is 0 Å². The molecular formula is C14H24N2O. The van der Waals surface area contributed by atoms with Gasteiger partial charge in [-0.15, -0.1) is 0 Å². The zero-order chi connectivity index (χ0) is 12.7. The van der Waals surface area contributed by atoms with Crippen LogP contribution in [-0.4, -0.2) is 33.9 Å². The minimum Gasteiger partial charge on any atom is -0.383 e. The molecule has 0 aliphatic rings. The second-order valence-electron chi connectivity index (χ2n) is 4.14. The minimum absolute atomic E-state index is 0.364. The van der Waals surface area contributed by atoms with E-state index < -0.39 is 0 Å². The van der Waals surface area contributed by atoms with Gasteiger partial charge in [-0.1, -0.05) is 18.2 Å². The Balaban J connectivity index is 2.93. The molecule has 1 aromatic rings. The smallest absolute Gasteiger partial charge is 0.0637 e. The highest BCUT2D eigenvalue weighted by Gasteiger charge is 2.12. The molecular weight excluding hydrogens is 212 g/mol. The first-order valence-corrected chi connectivity index (χ1v) is 6.24. The molecule has 1 unspecified atom stereocenters. The molecule has 0 fully saturated rings. The highest BCUT2D eigenvalue weighted by molar-refractivity contribution is 5.54. The molecule has 0 radical (unpaired) electrons. The fourth-order valence-electron chi connectivity index (χ4n) is 1.95. The quantitative estimate of drug-likeness (QED) is 0.787. The Hall–Kier alpha value is -1.06. The Bertz CT molecular complexity index is 328. The lowest BCUT2D eigenvalue weighted by atomic mass is 10.1. The van der Waals surface area contributed by atoms with Crippen LogP contribution in [0.5, 0.6) is 0 Å². The fraction of sp³-hybridized carbons (Fsp3) is 0.571. The Kier molecular flexibility index (Phi) is 6.01. The van der Waals surface area contributed by atoms with Gasteiger partial charge in [-0.2, -0.15) is 0 Å². The summed E-state index contributed by atoms with van der Waals surface area (Å²) in [6, 6.07) is 8.92. The van der Waals surface area contributed by atoms with Gasteiger partial charge in [0.25, 0.3) is 0 Å². The molecule has 0 aliphatic carbocycles. The van der Waals surface area contributed by atoms with Crippen molar-refractivity contribution in [3.05, 3.63) is 29.8 Å². The number of anilines is 1. The summed E-state index contributed by atoms with van der Waals surface area (Å²) >= 11 is 0. The molecule has 0 saturated heterocycles. The number of hydrogen-bond donors (Lipinski definition) is 1. The van der Waals surface area contributed by atoms with Crippen LogP contribution in [0.15, 0.2) is 24.3 Å². The lowest BCUT2D eigenvalue weighted by Gasteiger charge is -2.27. The van der Waals surface area contributed by atoms with Gasteiger partial charge in [0.15, 0.2) is 0 Å². The van der Waals surface area contributed by atoms with Gasteiger partial charge in [0, 0.05) is 31.9 Å². The van der Waals surface area contributed by atoms with Gasteiger partial charge >= 0.3 is 0 Å². The van der Waals surface area contributed by atoms with E-state index in [1.807, 2.05) is 7.05 Å². The summed E-state index contributed by atoms with van der Waals surface area (Å²) in [5.41, 5.74) is 2.64. The van der Waals surface area contributed by atoms with E-state index in [1.165, 1.54) is 11.3 Å². The van der Waals surface area contributed by atoms with E-state index in [0.717, 1.165) is 19.7 Å². The summed E-state index contributed by atoms with van der Waals surface area (Å²) in [5.74, 6) is 0. The first-order chi connectivity index (χ1) is 8.24. The van der Waals surface area contributed by atoms with Crippen LogP contribution in [0, 0.1) is 0 Å². The van der Waals surface area contributed by atoms with Crippen LogP contribution in [0.25, 0.3) is 0 Å². The standard InChI is InChI=1S/C14H24N2O/c1-5-16(10-11-17-4)14-9-7-6-8-13(14)12(2)15-3/h6-9,12,15H,5,10-11H2,1-4H3. The number of likely N-dealkylation sites (N-methyl/N-ethyl adjacent to an activating group) is 1. The SMILES string of the molecule is CCN(CCOC)c1ccccc1C(C)NC. The number of nitrogens with one attached hydrogen (secondary N) is 1. The average molecular weight is 236 g/mol. The van der Waals surface area contributed by atoms with E-state index in [9.17, 15) is 0 Å². The molecule has 3 nitrogen and oxygen atoms in total. The van der Waals surface area contributed by atoms with E-state index in [0.29, 0.717) is 6.04 Å². The highest BCUT2D eigenvalue weighted by atomic mass is 16.5. The fourth-order valence-corrected chi connectivity index (χ4v) is 1.95. The normalized spacial score (nSPS) is 12.5. The van der Waals surface area contributed by atoms with Crippen molar-refractivity contribution in [1.29, 1.82) is 0 Å². The van der Waals surface area contributed by atoms with Gasteiger partial charge in [0.2, 0.25) is 0 Å². The van der Waals surface area contributed by atoms with E-state index in [4.69, 9.17) is 4.74 Å². The van der Waals surface area contributed by atoms with Crippen molar-refractivity contribution in [1.82, 2.24) is 5.32 Å². The zero-order valence-electron chi connectivity index (χ0n) is 11.4. The average Bonchev–Trinajstić information content (AvgIpc) is 2.39. The maximum Gasteiger partial charge on any atom is 0.0637 e. The zero-order valence-corrected chi connectivity index (χ0v) is 11.4. The van der Waals surface area contributed by atoms with Crippen molar-refractivity contribution in [3.63, 3.8) is 0 Å². The highest BCUT2D eigenvalue weighted by Crippen LogP contribution is 2.25. The lowest BCUT2D eigenvalue weighted by Crippen LogP contribution is -2.29. The number of para-hydroxylation sites is 1. The number of ether oxygens (including phenoxy) is 1. The monoisotopic (exact) mass is 236 g/mol. The number of nitrogens with zero attached hydrogens (tertiary/aromatic N) is 1. The van der Waals surface area contributed by atoms with Gasteiger partial charge in [0.05, 0.1) is 6.61 Å². The predicted octanol–water partition coefficient (Wildman–Crippen LogP) is 2.44. The molecule has 17 heavy (non-hydrogen) atoms. The van der Waals surface area contributed by atoms with Gasteiger partial charge in [-0.3, -0.25) is 0 Å².